The van der Waals surface area contributed by atoms with Gasteiger partial charge in [0.25, 0.3) is 0 Å². The lowest BCUT2D eigenvalue weighted by Gasteiger charge is -2.00. The zero-order valence-electron chi connectivity index (χ0n) is 29.9. The molecule has 0 unspecified atom stereocenters. The Labute approximate surface area is 297 Å². The highest BCUT2D eigenvalue weighted by Crippen LogP contribution is 2.34. The second kappa shape index (κ2) is 13.4. The Morgan fingerprint density at radius 2 is 1.00 bits per heavy atom. The van der Waals surface area contributed by atoms with E-state index in [1.807, 2.05) is 95.3 Å². The first kappa shape index (κ1) is 34.2. The number of hydrogen-bond donors (Lipinski definition) is 3. The van der Waals surface area contributed by atoms with Gasteiger partial charge >= 0.3 is 0 Å². The number of nitrogens with one attached hydrogen (secondary N) is 3. The third kappa shape index (κ3) is 6.27. The average Bonchev–Trinajstić information content (AvgIpc) is 3.96. The molecule has 0 radical (unpaired) electrons. The van der Waals surface area contributed by atoms with Crippen molar-refractivity contribution < 1.29 is 13.2 Å². The van der Waals surface area contributed by atoms with Crippen molar-refractivity contribution in [2.45, 2.75) is 27.7 Å². The number of aromatic amines is 3. The maximum Gasteiger partial charge on any atom is 0.125 e. The molecule has 0 saturated carbocycles. The highest BCUT2D eigenvalue weighted by Gasteiger charge is 2.16. The van der Waals surface area contributed by atoms with Crippen molar-refractivity contribution in [1.82, 2.24) is 44.3 Å². The second-order valence-corrected chi connectivity index (χ2v) is 12.9. The standard InChI is InChI=1S/C14H14FN3.2C13H12FN3/c1-8-14(9(2)18(3)17-8)12-7-16-13-6-10(15)4-5-11(12)13;1-8-11(7-16-17(8)2)12-6-15-13-5-9(14)3-4-10(12)13;1-8-12(7-17(2)16-8)11-6-15-13-5-9(14)3-4-10(11)13/h4-7,16H,1-3H3;2*3-7,15H,1-2H3. The molecule has 9 nitrogen and oxygen atoms in total. The summed E-state index contributed by atoms with van der Waals surface area (Å²) in [6.07, 6.45) is 9.52. The number of halogens is 3. The predicted molar refractivity (Wildman–Crippen MR) is 200 cm³/mol. The molecule has 6 heterocycles. The Kier molecular flexibility index (Phi) is 8.83. The van der Waals surface area contributed by atoms with Crippen LogP contribution in [0.4, 0.5) is 13.2 Å². The van der Waals surface area contributed by atoms with Crippen molar-refractivity contribution in [3.8, 4) is 33.4 Å². The van der Waals surface area contributed by atoms with Crippen molar-refractivity contribution in [2.24, 2.45) is 21.1 Å². The number of aryl methyl sites for hydroxylation is 5. The molecule has 3 N–H and O–H groups in total. The fourth-order valence-electron chi connectivity index (χ4n) is 6.74. The van der Waals surface area contributed by atoms with Gasteiger partial charge in [-0.3, -0.25) is 14.0 Å². The van der Waals surface area contributed by atoms with Gasteiger partial charge in [0.2, 0.25) is 0 Å². The molecule has 3 aromatic carbocycles. The van der Waals surface area contributed by atoms with Crippen LogP contribution in [0.5, 0.6) is 0 Å². The van der Waals surface area contributed by atoms with E-state index in [-0.39, 0.29) is 17.5 Å². The van der Waals surface area contributed by atoms with Crippen LogP contribution in [0.15, 0.2) is 85.6 Å². The first-order chi connectivity index (χ1) is 24.9. The highest BCUT2D eigenvalue weighted by molar-refractivity contribution is 5.98. The third-order valence-electron chi connectivity index (χ3n) is 9.54. The van der Waals surface area contributed by atoms with Crippen molar-refractivity contribution in [1.29, 1.82) is 0 Å². The maximum atomic E-state index is 13.2. The molecule has 0 bridgehead atoms. The van der Waals surface area contributed by atoms with Crippen molar-refractivity contribution in [3.63, 3.8) is 0 Å². The first-order valence-electron chi connectivity index (χ1n) is 16.7. The van der Waals surface area contributed by atoms with Crippen molar-refractivity contribution in [2.75, 3.05) is 0 Å². The zero-order valence-corrected chi connectivity index (χ0v) is 29.9. The van der Waals surface area contributed by atoms with Gasteiger partial charge in [-0.25, -0.2) is 13.2 Å². The average molecular weight is 702 g/mol. The molecule has 12 heteroatoms. The van der Waals surface area contributed by atoms with Gasteiger partial charge in [0, 0.05) is 123 Å². The van der Waals surface area contributed by atoms with Crippen LogP contribution >= 0.6 is 0 Å². The molecule has 9 aromatic rings. The summed E-state index contributed by atoms with van der Waals surface area (Å²) in [5.74, 6) is -0.682. The topological polar surface area (TPSA) is 101 Å². The maximum absolute atomic E-state index is 13.2. The predicted octanol–water partition coefficient (Wildman–Crippen LogP) is 9.36. The Balaban J connectivity index is 0.000000121. The summed E-state index contributed by atoms with van der Waals surface area (Å²) in [5.41, 5.74) is 13.1. The Morgan fingerprint density at radius 3 is 1.42 bits per heavy atom. The van der Waals surface area contributed by atoms with Gasteiger partial charge in [-0.2, -0.15) is 15.3 Å². The van der Waals surface area contributed by atoms with Crippen LogP contribution < -0.4 is 0 Å². The fourth-order valence-corrected chi connectivity index (χ4v) is 6.74. The van der Waals surface area contributed by atoms with Gasteiger partial charge in [-0.05, 0) is 82.3 Å². The lowest BCUT2D eigenvalue weighted by Crippen LogP contribution is -1.92. The summed E-state index contributed by atoms with van der Waals surface area (Å²) < 4.78 is 44.8. The van der Waals surface area contributed by atoms with E-state index < -0.39 is 0 Å². The Morgan fingerprint density at radius 1 is 0.519 bits per heavy atom. The minimum atomic E-state index is -0.228. The quantitative estimate of drug-likeness (QED) is 0.171. The van der Waals surface area contributed by atoms with E-state index in [4.69, 9.17) is 0 Å². The van der Waals surface area contributed by atoms with E-state index >= 15 is 0 Å². The van der Waals surface area contributed by atoms with Crippen molar-refractivity contribution in [3.05, 3.63) is 126 Å². The van der Waals surface area contributed by atoms with Gasteiger partial charge < -0.3 is 15.0 Å². The molecule has 9 rings (SSSR count). The molecule has 0 fully saturated rings. The molecular formula is C40H38F3N9. The van der Waals surface area contributed by atoms with Gasteiger partial charge in [-0.15, -0.1) is 0 Å². The number of rotatable bonds is 3. The molecule has 0 aliphatic carbocycles. The molecule has 264 valence electrons. The number of aromatic nitrogens is 9. The van der Waals surface area contributed by atoms with E-state index in [0.717, 1.165) is 88.9 Å². The van der Waals surface area contributed by atoms with Gasteiger partial charge in [0.15, 0.2) is 0 Å². The fraction of sp³-hybridized carbons (Fsp3) is 0.175. The van der Waals surface area contributed by atoms with E-state index in [1.165, 1.54) is 36.4 Å². The lowest BCUT2D eigenvalue weighted by atomic mass is 10.0. The molecule has 0 aliphatic rings. The summed E-state index contributed by atoms with van der Waals surface area (Å²) in [7, 11) is 5.73. The van der Waals surface area contributed by atoms with E-state index in [1.54, 1.807) is 16.8 Å². The van der Waals surface area contributed by atoms with Gasteiger partial charge in [-0.1, -0.05) is 0 Å². The first-order valence-corrected chi connectivity index (χ1v) is 16.7. The summed E-state index contributed by atoms with van der Waals surface area (Å²) in [6.45, 7) is 8.02. The van der Waals surface area contributed by atoms with Crippen LogP contribution in [0.25, 0.3) is 66.1 Å². The number of nitrogens with zero attached hydrogens (tertiary/aromatic N) is 6. The van der Waals surface area contributed by atoms with E-state index in [2.05, 4.69) is 30.2 Å². The van der Waals surface area contributed by atoms with Crippen LogP contribution in [0.1, 0.15) is 22.8 Å². The van der Waals surface area contributed by atoms with Crippen LogP contribution in [0.2, 0.25) is 0 Å². The SMILES string of the molecule is Cc1c(-c2c[nH]c3cc(F)ccc23)cnn1C.Cc1nn(C)c(C)c1-c1c[nH]c2cc(F)ccc12.Cc1nn(C)cc1-c1c[nH]c2cc(F)ccc12. The molecule has 0 spiro atoms. The van der Waals surface area contributed by atoms with Crippen LogP contribution in [0.3, 0.4) is 0 Å². The summed E-state index contributed by atoms with van der Waals surface area (Å²) in [4.78, 5) is 9.29. The molecule has 6 aromatic heterocycles. The molecule has 0 saturated heterocycles. The second-order valence-electron chi connectivity index (χ2n) is 12.9. The van der Waals surface area contributed by atoms with E-state index in [9.17, 15) is 13.2 Å². The molecular weight excluding hydrogens is 663 g/mol. The number of benzene rings is 3. The van der Waals surface area contributed by atoms with Gasteiger partial charge in [0.05, 0.1) is 17.6 Å². The third-order valence-corrected chi connectivity index (χ3v) is 9.54. The normalized spacial score (nSPS) is 11.3. The molecule has 0 atom stereocenters. The minimum Gasteiger partial charge on any atom is -0.360 e. The molecule has 0 aliphatic heterocycles. The summed E-state index contributed by atoms with van der Waals surface area (Å²) in [5, 5.41) is 16.0. The number of fused-ring (bicyclic) bond motifs is 3. The summed E-state index contributed by atoms with van der Waals surface area (Å²) >= 11 is 0. The van der Waals surface area contributed by atoms with E-state index in [0.29, 0.717) is 0 Å². The largest absolute Gasteiger partial charge is 0.360 e. The molecule has 52 heavy (non-hydrogen) atoms. The zero-order chi connectivity index (χ0) is 36.8. The highest BCUT2D eigenvalue weighted by atomic mass is 19.1. The van der Waals surface area contributed by atoms with Crippen LogP contribution in [-0.4, -0.2) is 44.3 Å². The van der Waals surface area contributed by atoms with Crippen LogP contribution in [0, 0.1) is 45.1 Å². The molecule has 0 amide bonds. The van der Waals surface area contributed by atoms with Crippen molar-refractivity contribution >= 4 is 32.7 Å². The lowest BCUT2D eigenvalue weighted by molar-refractivity contribution is 0.629. The van der Waals surface area contributed by atoms with Crippen LogP contribution in [-0.2, 0) is 21.1 Å². The minimum absolute atomic E-state index is 0.226. The smallest absolute Gasteiger partial charge is 0.125 e. The number of hydrogen-bond acceptors (Lipinski definition) is 3. The van der Waals surface area contributed by atoms with Gasteiger partial charge in [0.1, 0.15) is 17.5 Å². The number of H-pyrrole nitrogens is 3. The monoisotopic (exact) mass is 701 g/mol. The summed E-state index contributed by atoms with van der Waals surface area (Å²) in [6, 6.07) is 14.4. The Hall–Kier alpha value is -6.30. The Bertz CT molecular complexity index is 2640.